The minimum Gasteiger partial charge on any atom is -0.432 e. The SMILES string of the molecule is CCCC1CCC(C2CCC(C(F)(F)Oc3ccc(-c4cc(F)c(F)c(F)c4)c(-c4cc(F)c(F)c(F)c4)c3)CC2)CC1. The number of ether oxygens (including phenoxy) is 1. The fourth-order valence-electron chi connectivity index (χ4n) is 7.02. The molecule has 0 aliphatic heterocycles. The monoisotopic (exact) mass is 610 g/mol. The first-order valence-electron chi connectivity index (χ1n) is 15.0. The van der Waals surface area contributed by atoms with Crippen molar-refractivity contribution in [3.8, 4) is 28.0 Å². The van der Waals surface area contributed by atoms with Gasteiger partial charge >= 0.3 is 6.11 Å². The molecule has 2 aliphatic rings. The van der Waals surface area contributed by atoms with E-state index in [9.17, 15) is 26.3 Å². The predicted molar refractivity (Wildman–Crippen MR) is 148 cm³/mol. The number of hydrogen-bond acceptors (Lipinski definition) is 1. The van der Waals surface area contributed by atoms with Crippen molar-refractivity contribution in [1.29, 1.82) is 0 Å². The van der Waals surface area contributed by atoms with Gasteiger partial charge in [-0.05, 0) is 115 Å². The molecule has 0 heterocycles. The normalized spacial score (nSPS) is 22.9. The fraction of sp³-hybridized carbons (Fsp3) is 0.471. The average molecular weight is 611 g/mol. The Balaban J connectivity index is 1.37. The average Bonchev–Trinajstić information content (AvgIpc) is 2.98. The molecule has 3 aromatic rings. The van der Waals surface area contributed by atoms with E-state index < -0.39 is 46.9 Å². The van der Waals surface area contributed by atoms with E-state index in [1.165, 1.54) is 31.7 Å². The van der Waals surface area contributed by atoms with Crippen LogP contribution in [-0.4, -0.2) is 6.11 Å². The summed E-state index contributed by atoms with van der Waals surface area (Å²) in [6.07, 6.45) is 5.53. The highest BCUT2D eigenvalue weighted by Gasteiger charge is 2.45. The zero-order valence-electron chi connectivity index (χ0n) is 23.9. The molecule has 0 spiro atoms. The van der Waals surface area contributed by atoms with Crippen LogP contribution in [0.2, 0.25) is 0 Å². The van der Waals surface area contributed by atoms with Gasteiger partial charge in [-0.2, -0.15) is 8.78 Å². The van der Waals surface area contributed by atoms with Crippen LogP contribution in [0, 0.1) is 58.6 Å². The van der Waals surface area contributed by atoms with E-state index in [0.29, 0.717) is 61.8 Å². The standard InChI is InChI=1S/C34H34F8O/c1-2-3-19-4-6-20(7-5-19)21-8-10-24(11-9-21)34(41,42)43-25-12-13-26(22-14-28(35)32(39)29(36)15-22)27(18-25)23-16-30(37)33(40)31(38)17-23/h12-21,24H,2-11H2,1H3. The minimum atomic E-state index is -3.56. The number of rotatable bonds is 8. The first kappa shape index (κ1) is 31.3. The molecule has 0 amide bonds. The van der Waals surface area contributed by atoms with E-state index in [2.05, 4.69) is 6.92 Å². The molecule has 0 N–H and O–H groups in total. The lowest BCUT2D eigenvalue weighted by molar-refractivity contribution is -0.224. The lowest BCUT2D eigenvalue weighted by Crippen LogP contribution is -2.38. The Bertz CT molecular complexity index is 1390. The summed E-state index contributed by atoms with van der Waals surface area (Å²) < 4.78 is 120. The Morgan fingerprint density at radius 2 is 1.09 bits per heavy atom. The molecule has 0 atom stereocenters. The maximum atomic E-state index is 15.5. The third-order valence-electron chi connectivity index (χ3n) is 9.34. The summed E-state index contributed by atoms with van der Waals surface area (Å²) in [7, 11) is 0. The van der Waals surface area contributed by atoms with Crippen LogP contribution >= 0.6 is 0 Å². The lowest BCUT2D eigenvalue weighted by Gasteiger charge is -2.39. The van der Waals surface area contributed by atoms with Crippen LogP contribution in [0.4, 0.5) is 35.1 Å². The van der Waals surface area contributed by atoms with Crippen molar-refractivity contribution in [1.82, 2.24) is 0 Å². The van der Waals surface area contributed by atoms with Crippen molar-refractivity contribution >= 4 is 0 Å². The first-order chi connectivity index (χ1) is 20.5. The number of benzene rings is 3. The van der Waals surface area contributed by atoms with Gasteiger partial charge in [0.15, 0.2) is 34.9 Å². The summed E-state index contributed by atoms with van der Waals surface area (Å²) in [4.78, 5) is 0. The molecule has 5 rings (SSSR count). The van der Waals surface area contributed by atoms with Gasteiger partial charge < -0.3 is 4.74 Å². The zero-order chi connectivity index (χ0) is 30.9. The summed E-state index contributed by atoms with van der Waals surface area (Å²) in [5, 5.41) is 0. The second-order valence-corrected chi connectivity index (χ2v) is 12.1. The van der Waals surface area contributed by atoms with E-state index in [1.807, 2.05) is 0 Å². The molecule has 0 saturated heterocycles. The fourth-order valence-corrected chi connectivity index (χ4v) is 7.02. The van der Waals surface area contributed by atoms with E-state index in [0.717, 1.165) is 30.9 Å². The van der Waals surface area contributed by atoms with E-state index >= 15 is 8.78 Å². The molecule has 2 fully saturated rings. The summed E-state index contributed by atoms with van der Waals surface area (Å²) in [5.74, 6) is -9.24. The van der Waals surface area contributed by atoms with Gasteiger partial charge in [0, 0.05) is 0 Å². The third kappa shape index (κ3) is 6.86. The quantitative estimate of drug-likeness (QED) is 0.182. The van der Waals surface area contributed by atoms with Crippen molar-refractivity contribution in [2.45, 2.75) is 77.2 Å². The second-order valence-electron chi connectivity index (χ2n) is 12.1. The first-order valence-corrected chi connectivity index (χ1v) is 15.0. The summed E-state index contributed by atoms with van der Waals surface area (Å²) in [6, 6.07) is 5.96. The highest BCUT2D eigenvalue weighted by Crippen LogP contribution is 2.46. The number of alkyl halides is 2. The van der Waals surface area contributed by atoms with Crippen molar-refractivity contribution in [2.75, 3.05) is 0 Å². The molecule has 2 aliphatic carbocycles. The maximum Gasteiger partial charge on any atom is 0.400 e. The van der Waals surface area contributed by atoms with E-state index in [1.54, 1.807) is 0 Å². The third-order valence-corrected chi connectivity index (χ3v) is 9.34. The molecule has 2 saturated carbocycles. The summed E-state index contributed by atoms with van der Waals surface area (Å²) >= 11 is 0. The molecule has 0 bridgehead atoms. The molecule has 3 aromatic carbocycles. The predicted octanol–water partition coefficient (Wildman–Crippen LogP) is 11.2. The molecule has 232 valence electrons. The van der Waals surface area contributed by atoms with Gasteiger partial charge in [0.2, 0.25) is 0 Å². The van der Waals surface area contributed by atoms with Crippen molar-refractivity contribution in [3.05, 3.63) is 77.4 Å². The lowest BCUT2D eigenvalue weighted by atomic mass is 9.68. The van der Waals surface area contributed by atoms with Crippen LogP contribution in [0.3, 0.4) is 0 Å². The Morgan fingerprint density at radius 1 is 0.628 bits per heavy atom. The largest absolute Gasteiger partial charge is 0.432 e. The molecule has 0 unspecified atom stereocenters. The van der Waals surface area contributed by atoms with Crippen molar-refractivity contribution in [3.63, 3.8) is 0 Å². The van der Waals surface area contributed by atoms with Crippen LogP contribution in [0.5, 0.6) is 5.75 Å². The Labute approximate surface area is 246 Å². The summed E-state index contributed by atoms with van der Waals surface area (Å²) in [5.41, 5.74) is -0.747. The maximum absolute atomic E-state index is 15.5. The highest BCUT2D eigenvalue weighted by molar-refractivity contribution is 5.84. The molecular weight excluding hydrogens is 576 g/mol. The van der Waals surface area contributed by atoms with Crippen LogP contribution in [0.1, 0.15) is 71.1 Å². The van der Waals surface area contributed by atoms with Gasteiger partial charge in [-0.3, -0.25) is 0 Å². The van der Waals surface area contributed by atoms with E-state index in [4.69, 9.17) is 4.74 Å². The van der Waals surface area contributed by atoms with Gasteiger partial charge in [-0.15, -0.1) is 0 Å². The Kier molecular flexibility index (Phi) is 9.37. The van der Waals surface area contributed by atoms with Crippen LogP contribution in [0.25, 0.3) is 22.3 Å². The molecule has 9 heteroatoms. The molecule has 1 nitrogen and oxygen atoms in total. The van der Waals surface area contributed by atoms with Gasteiger partial charge in [0.25, 0.3) is 0 Å². The van der Waals surface area contributed by atoms with Gasteiger partial charge in [-0.1, -0.05) is 38.7 Å². The Morgan fingerprint density at radius 3 is 1.58 bits per heavy atom. The van der Waals surface area contributed by atoms with Crippen LogP contribution in [-0.2, 0) is 0 Å². The summed E-state index contributed by atoms with van der Waals surface area (Å²) in [6.45, 7) is 2.20. The zero-order valence-corrected chi connectivity index (χ0v) is 23.9. The van der Waals surface area contributed by atoms with Crippen molar-refractivity contribution < 1.29 is 39.9 Å². The topological polar surface area (TPSA) is 9.23 Å². The molecule has 43 heavy (non-hydrogen) atoms. The van der Waals surface area contributed by atoms with Gasteiger partial charge in [-0.25, -0.2) is 26.3 Å². The Hall–Kier alpha value is -3.10. The molecule has 0 radical (unpaired) electrons. The second kappa shape index (κ2) is 12.9. The molecular formula is C34H34F8O. The van der Waals surface area contributed by atoms with Crippen LogP contribution < -0.4 is 4.74 Å². The van der Waals surface area contributed by atoms with Crippen LogP contribution in [0.15, 0.2) is 42.5 Å². The highest BCUT2D eigenvalue weighted by atomic mass is 19.3. The molecule has 0 aromatic heterocycles. The smallest absolute Gasteiger partial charge is 0.400 e. The van der Waals surface area contributed by atoms with E-state index in [-0.39, 0.29) is 28.0 Å². The minimum absolute atomic E-state index is 0.0620. The number of halogens is 8. The van der Waals surface area contributed by atoms with Gasteiger partial charge in [0.05, 0.1) is 5.92 Å². The number of hydrogen-bond donors (Lipinski definition) is 0. The van der Waals surface area contributed by atoms with Crippen molar-refractivity contribution in [2.24, 2.45) is 23.7 Å². The van der Waals surface area contributed by atoms with Gasteiger partial charge in [0.1, 0.15) is 5.75 Å².